The molecule has 2 aromatic carbocycles. The van der Waals surface area contributed by atoms with Crippen LogP contribution < -0.4 is 15.3 Å². The van der Waals surface area contributed by atoms with E-state index < -0.39 is 0 Å². The van der Waals surface area contributed by atoms with Crippen molar-refractivity contribution in [1.29, 1.82) is 0 Å². The highest BCUT2D eigenvalue weighted by molar-refractivity contribution is 5.93. The number of fused-ring (bicyclic) bond motifs is 1. The molecule has 32 heavy (non-hydrogen) atoms. The van der Waals surface area contributed by atoms with Gasteiger partial charge in [-0.3, -0.25) is 0 Å². The smallest absolute Gasteiger partial charge is 0.159 e. The molecular weight excluding hydrogens is 400 g/mol. The highest BCUT2D eigenvalue weighted by Crippen LogP contribution is 2.28. The highest BCUT2D eigenvalue weighted by Gasteiger charge is 2.22. The fourth-order valence-corrected chi connectivity index (χ4v) is 4.25. The van der Waals surface area contributed by atoms with E-state index in [2.05, 4.69) is 79.0 Å². The lowest BCUT2D eigenvalue weighted by Crippen LogP contribution is -2.47. The third-order valence-corrected chi connectivity index (χ3v) is 5.95. The third-order valence-electron chi connectivity index (χ3n) is 5.95. The van der Waals surface area contributed by atoms with Crippen LogP contribution >= 0.6 is 0 Å². The van der Waals surface area contributed by atoms with Gasteiger partial charge in [0.15, 0.2) is 5.82 Å². The van der Waals surface area contributed by atoms with Crippen molar-refractivity contribution >= 4 is 22.4 Å². The lowest BCUT2D eigenvalue weighted by Gasteiger charge is -2.36. The van der Waals surface area contributed by atoms with Crippen molar-refractivity contribution in [2.24, 2.45) is 0 Å². The Morgan fingerprint density at radius 2 is 1.47 bits per heavy atom. The first kappa shape index (κ1) is 20.4. The molecule has 0 amide bonds. The summed E-state index contributed by atoms with van der Waals surface area (Å²) >= 11 is 0. The SMILES string of the molecule is ONCc1ccc(N2CCN(c3nnc(Cc4ccccc4)c4ccccc34)CC2)nc1. The lowest BCUT2D eigenvalue weighted by molar-refractivity contribution is 0.161. The maximum atomic E-state index is 8.84. The van der Waals surface area contributed by atoms with Gasteiger partial charge in [0, 0.05) is 56.1 Å². The Kier molecular flexibility index (Phi) is 5.91. The van der Waals surface area contributed by atoms with Gasteiger partial charge in [-0.05, 0) is 17.2 Å². The van der Waals surface area contributed by atoms with Crippen LogP contribution in [0.25, 0.3) is 10.8 Å². The maximum Gasteiger partial charge on any atom is 0.159 e. The predicted molar refractivity (Wildman–Crippen MR) is 126 cm³/mol. The number of anilines is 2. The van der Waals surface area contributed by atoms with Crippen molar-refractivity contribution in [3.63, 3.8) is 0 Å². The van der Waals surface area contributed by atoms with Gasteiger partial charge in [0.05, 0.1) is 5.69 Å². The number of hydrogen-bond donors (Lipinski definition) is 2. The Labute approximate surface area is 187 Å². The van der Waals surface area contributed by atoms with Crippen LogP contribution in [0.4, 0.5) is 11.6 Å². The summed E-state index contributed by atoms with van der Waals surface area (Å²) in [5.41, 5.74) is 5.36. The van der Waals surface area contributed by atoms with Crippen molar-refractivity contribution in [2.75, 3.05) is 36.0 Å². The summed E-state index contributed by atoms with van der Waals surface area (Å²) in [7, 11) is 0. The number of aromatic nitrogens is 3. The minimum absolute atomic E-state index is 0.396. The molecule has 5 rings (SSSR count). The standard InChI is InChI=1S/C25H26N6O/c32-27-18-20-10-11-24(26-17-20)30-12-14-31(15-13-30)25-22-9-5-4-8-21(22)23(28-29-25)16-19-6-2-1-3-7-19/h1-11,17,27,32H,12-16,18H2. The number of benzene rings is 2. The molecule has 0 saturated carbocycles. The normalized spacial score (nSPS) is 14.2. The molecule has 1 aliphatic heterocycles. The van der Waals surface area contributed by atoms with Crippen LogP contribution in [0, 0.1) is 0 Å². The van der Waals surface area contributed by atoms with Crippen molar-refractivity contribution < 1.29 is 5.21 Å². The molecule has 162 valence electrons. The molecule has 1 fully saturated rings. The summed E-state index contributed by atoms with van der Waals surface area (Å²) in [5, 5.41) is 20.5. The van der Waals surface area contributed by atoms with Crippen molar-refractivity contribution in [2.45, 2.75) is 13.0 Å². The van der Waals surface area contributed by atoms with Gasteiger partial charge in [-0.2, -0.15) is 5.10 Å². The molecule has 7 heteroatoms. The first-order chi connectivity index (χ1) is 15.8. The molecular formula is C25H26N6O. The molecule has 0 radical (unpaired) electrons. The molecule has 4 aromatic rings. The zero-order chi connectivity index (χ0) is 21.8. The largest absolute Gasteiger partial charge is 0.353 e. The van der Waals surface area contributed by atoms with Crippen LogP contribution in [0.2, 0.25) is 0 Å². The van der Waals surface area contributed by atoms with Gasteiger partial charge in [-0.25, -0.2) is 10.5 Å². The zero-order valence-corrected chi connectivity index (χ0v) is 17.9. The summed E-state index contributed by atoms with van der Waals surface area (Å²) in [6, 6.07) is 22.9. The average molecular weight is 427 g/mol. The van der Waals surface area contributed by atoms with Gasteiger partial charge < -0.3 is 15.0 Å². The number of nitrogens with one attached hydrogen (secondary N) is 1. The number of hydrogen-bond acceptors (Lipinski definition) is 7. The molecule has 0 bridgehead atoms. The fourth-order valence-electron chi connectivity index (χ4n) is 4.25. The molecule has 3 heterocycles. The summed E-state index contributed by atoms with van der Waals surface area (Å²) < 4.78 is 0. The highest BCUT2D eigenvalue weighted by atomic mass is 16.5. The van der Waals surface area contributed by atoms with E-state index in [-0.39, 0.29) is 0 Å². The van der Waals surface area contributed by atoms with E-state index in [0.717, 1.165) is 60.9 Å². The molecule has 0 aliphatic carbocycles. The minimum atomic E-state index is 0.396. The van der Waals surface area contributed by atoms with E-state index in [4.69, 9.17) is 5.21 Å². The van der Waals surface area contributed by atoms with Crippen LogP contribution in [0.1, 0.15) is 16.8 Å². The van der Waals surface area contributed by atoms with Crippen LogP contribution in [-0.2, 0) is 13.0 Å². The predicted octanol–water partition coefficient (Wildman–Crippen LogP) is 3.42. The van der Waals surface area contributed by atoms with Crippen molar-refractivity contribution in [3.8, 4) is 0 Å². The van der Waals surface area contributed by atoms with Crippen molar-refractivity contribution in [1.82, 2.24) is 20.7 Å². The lowest BCUT2D eigenvalue weighted by atomic mass is 10.0. The van der Waals surface area contributed by atoms with Gasteiger partial charge in [0.1, 0.15) is 5.82 Å². The number of nitrogens with zero attached hydrogens (tertiary/aromatic N) is 5. The van der Waals surface area contributed by atoms with E-state index in [1.807, 2.05) is 18.2 Å². The number of pyridine rings is 1. The van der Waals surface area contributed by atoms with Gasteiger partial charge in [-0.15, -0.1) is 5.10 Å². The molecule has 1 saturated heterocycles. The fraction of sp³-hybridized carbons (Fsp3) is 0.240. The van der Waals surface area contributed by atoms with Gasteiger partial charge in [-0.1, -0.05) is 60.7 Å². The first-order valence-electron chi connectivity index (χ1n) is 10.9. The Balaban J connectivity index is 1.34. The molecule has 0 unspecified atom stereocenters. The van der Waals surface area contributed by atoms with E-state index in [1.165, 1.54) is 10.9 Å². The van der Waals surface area contributed by atoms with Gasteiger partial charge in [0.2, 0.25) is 0 Å². The average Bonchev–Trinajstić information content (AvgIpc) is 2.86. The molecule has 0 spiro atoms. The van der Waals surface area contributed by atoms with Crippen LogP contribution in [0.3, 0.4) is 0 Å². The molecule has 0 atom stereocenters. The second kappa shape index (κ2) is 9.30. The summed E-state index contributed by atoms with van der Waals surface area (Å²) in [6.45, 7) is 3.85. The summed E-state index contributed by atoms with van der Waals surface area (Å²) in [5.74, 6) is 1.91. The van der Waals surface area contributed by atoms with E-state index in [9.17, 15) is 0 Å². The first-order valence-corrected chi connectivity index (χ1v) is 10.9. The third kappa shape index (κ3) is 4.26. The zero-order valence-electron chi connectivity index (χ0n) is 17.9. The van der Waals surface area contributed by atoms with Crippen molar-refractivity contribution in [3.05, 3.63) is 89.7 Å². The summed E-state index contributed by atoms with van der Waals surface area (Å²) in [4.78, 5) is 9.15. The molecule has 7 nitrogen and oxygen atoms in total. The summed E-state index contributed by atoms with van der Waals surface area (Å²) in [6.07, 6.45) is 2.57. The molecule has 1 aliphatic rings. The quantitative estimate of drug-likeness (QED) is 0.458. The second-order valence-corrected chi connectivity index (χ2v) is 8.01. The van der Waals surface area contributed by atoms with Crippen LogP contribution in [-0.4, -0.2) is 46.6 Å². The van der Waals surface area contributed by atoms with E-state index in [1.54, 1.807) is 6.20 Å². The number of rotatable bonds is 6. The Hall–Kier alpha value is -3.55. The second-order valence-electron chi connectivity index (χ2n) is 8.01. The molecule has 2 aromatic heterocycles. The van der Waals surface area contributed by atoms with Crippen LogP contribution in [0.15, 0.2) is 72.9 Å². The minimum Gasteiger partial charge on any atom is -0.353 e. The topological polar surface area (TPSA) is 77.4 Å². The maximum absolute atomic E-state index is 8.84. The number of piperazine rings is 1. The monoisotopic (exact) mass is 426 g/mol. The van der Waals surface area contributed by atoms with E-state index in [0.29, 0.717) is 6.54 Å². The Morgan fingerprint density at radius 3 is 2.19 bits per heavy atom. The van der Waals surface area contributed by atoms with E-state index >= 15 is 0 Å². The van der Waals surface area contributed by atoms with Crippen LogP contribution in [0.5, 0.6) is 0 Å². The Morgan fingerprint density at radius 1 is 0.750 bits per heavy atom. The molecule has 2 N–H and O–H groups in total. The number of hydroxylamine groups is 1. The van der Waals surface area contributed by atoms with Gasteiger partial charge >= 0.3 is 0 Å². The van der Waals surface area contributed by atoms with Gasteiger partial charge in [0.25, 0.3) is 0 Å². The Bertz CT molecular complexity index is 1170.